The third kappa shape index (κ3) is 3.00. The van der Waals surface area contributed by atoms with Crippen LogP contribution < -0.4 is 5.32 Å². The molecule has 4 heterocycles. The van der Waals surface area contributed by atoms with Crippen molar-refractivity contribution in [3.05, 3.63) is 24.2 Å². The van der Waals surface area contributed by atoms with E-state index in [4.69, 9.17) is 4.98 Å². The molecule has 5 nitrogen and oxygen atoms in total. The molecule has 0 bridgehead atoms. The second-order valence-corrected chi connectivity index (χ2v) is 6.91. The van der Waals surface area contributed by atoms with E-state index < -0.39 is 0 Å². The lowest BCUT2D eigenvalue weighted by Gasteiger charge is -2.24. The molecule has 0 aromatic carbocycles. The van der Waals surface area contributed by atoms with Crippen molar-refractivity contribution in [1.29, 1.82) is 0 Å². The van der Waals surface area contributed by atoms with E-state index in [1.165, 1.54) is 38.1 Å². The predicted molar refractivity (Wildman–Crippen MR) is 92.5 cm³/mol. The van der Waals surface area contributed by atoms with E-state index in [-0.39, 0.29) is 0 Å². The standard InChI is InChI=1S/C18H27N5/c1-2-22-11-5-7-15(22)13-23-17(12-14-6-3-9-19-14)21-16-8-4-10-20-18(16)23/h4,8,10,14-15,19H,2-3,5-7,9,11-13H2,1H3. The summed E-state index contributed by atoms with van der Waals surface area (Å²) in [6.07, 6.45) is 8.08. The number of imidazole rings is 1. The molecule has 2 aromatic rings. The van der Waals surface area contributed by atoms with E-state index in [2.05, 4.69) is 32.8 Å². The first-order valence-electron chi connectivity index (χ1n) is 9.12. The molecule has 0 amide bonds. The van der Waals surface area contributed by atoms with Crippen LogP contribution in [0, 0.1) is 0 Å². The predicted octanol–water partition coefficient (Wildman–Crippen LogP) is 2.21. The van der Waals surface area contributed by atoms with Crippen LogP contribution in [0.1, 0.15) is 38.4 Å². The molecular weight excluding hydrogens is 286 g/mol. The van der Waals surface area contributed by atoms with E-state index in [0.29, 0.717) is 12.1 Å². The number of pyridine rings is 1. The third-order valence-electron chi connectivity index (χ3n) is 5.47. The molecule has 2 aromatic heterocycles. The van der Waals surface area contributed by atoms with Gasteiger partial charge in [0.2, 0.25) is 0 Å². The summed E-state index contributed by atoms with van der Waals surface area (Å²) < 4.78 is 2.40. The minimum Gasteiger partial charge on any atom is -0.314 e. The van der Waals surface area contributed by atoms with E-state index in [9.17, 15) is 0 Å². The Bertz CT molecular complexity index is 658. The van der Waals surface area contributed by atoms with Crippen LogP contribution in [0.15, 0.2) is 18.3 Å². The molecule has 0 saturated carbocycles. The number of fused-ring (bicyclic) bond motifs is 1. The summed E-state index contributed by atoms with van der Waals surface area (Å²) in [4.78, 5) is 12.1. The van der Waals surface area contributed by atoms with Crippen molar-refractivity contribution >= 4 is 11.2 Å². The van der Waals surface area contributed by atoms with Crippen molar-refractivity contribution in [1.82, 2.24) is 24.8 Å². The summed E-state index contributed by atoms with van der Waals surface area (Å²) in [5.41, 5.74) is 2.10. The Kier molecular flexibility index (Phi) is 4.31. The van der Waals surface area contributed by atoms with Crippen LogP contribution >= 0.6 is 0 Å². The number of likely N-dealkylation sites (N-methyl/N-ethyl adjacent to an activating group) is 1. The highest BCUT2D eigenvalue weighted by Crippen LogP contribution is 2.23. The molecule has 0 aliphatic carbocycles. The van der Waals surface area contributed by atoms with Gasteiger partial charge in [0.15, 0.2) is 5.65 Å². The fourth-order valence-corrected chi connectivity index (χ4v) is 4.23. The summed E-state index contributed by atoms with van der Waals surface area (Å²) >= 11 is 0. The Hall–Kier alpha value is -1.46. The molecule has 124 valence electrons. The topological polar surface area (TPSA) is 46.0 Å². The average molecular weight is 313 g/mol. The number of rotatable bonds is 5. The second kappa shape index (κ2) is 6.57. The highest BCUT2D eigenvalue weighted by Gasteiger charge is 2.26. The van der Waals surface area contributed by atoms with E-state index in [1.807, 2.05) is 12.3 Å². The molecule has 5 heteroatoms. The zero-order chi connectivity index (χ0) is 15.6. The highest BCUT2D eigenvalue weighted by molar-refractivity contribution is 5.71. The fraction of sp³-hybridized carbons (Fsp3) is 0.667. The van der Waals surface area contributed by atoms with E-state index in [0.717, 1.165) is 37.2 Å². The number of hydrogen-bond donors (Lipinski definition) is 1. The van der Waals surface area contributed by atoms with Gasteiger partial charge in [-0.1, -0.05) is 6.92 Å². The summed E-state index contributed by atoms with van der Waals surface area (Å²) in [6, 6.07) is 5.30. The van der Waals surface area contributed by atoms with Gasteiger partial charge in [-0.25, -0.2) is 9.97 Å². The maximum absolute atomic E-state index is 4.91. The Labute approximate surface area is 138 Å². The number of nitrogens with one attached hydrogen (secondary N) is 1. The van der Waals surface area contributed by atoms with Crippen molar-refractivity contribution in [2.75, 3.05) is 19.6 Å². The first-order chi connectivity index (χ1) is 11.3. The zero-order valence-corrected chi connectivity index (χ0v) is 14.0. The lowest BCUT2D eigenvalue weighted by Crippen LogP contribution is -2.34. The van der Waals surface area contributed by atoms with Gasteiger partial charge in [0, 0.05) is 31.2 Å². The average Bonchev–Trinajstić information content (AvgIpc) is 3.29. The monoisotopic (exact) mass is 313 g/mol. The Morgan fingerprint density at radius 1 is 1.30 bits per heavy atom. The lowest BCUT2D eigenvalue weighted by molar-refractivity contribution is 0.244. The van der Waals surface area contributed by atoms with E-state index >= 15 is 0 Å². The van der Waals surface area contributed by atoms with Gasteiger partial charge in [0.05, 0.1) is 0 Å². The molecule has 23 heavy (non-hydrogen) atoms. The molecule has 2 atom stereocenters. The maximum Gasteiger partial charge on any atom is 0.160 e. The lowest BCUT2D eigenvalue weighted by atomic mass is 10.1. The summed E-state index contributed by atoms with van der Waals surface area (Å²) in [6.45, 7) is 6.83. The minimum absolute atomic E-state index is 0.580. The van der Waals surface area contributed by atoms with Crippen molar-refractivity contribution in [2.45, 2.75) is 57.7 Å². The van der Waals surface area contributed by atoms with Crippen LogP contribution in [-0.4, -0.2) is 51.2 Å². The van der Waals surface area contributed by atoms with Gasteiger partial charge in [-0.15, -0.1) is 0 Å². The molecule has 2 aliphatic rings. The van der Waals surface area contributed by atoms with Crippen molar-refractivity contribution in [3.63, 3.8) is 0 Å². The number of hydrogen-bond acceptors (Lipinski definition) is 4. The van der Waals surface area contributed by atoms with Crippen LogP contribution in [0.3, 0.4) is 0 Å². The smallest absolute Gasteiger partial charge is 0.160 e. The minimum atomic E-state index is 0.580. The van der Waals surface area contributed by atoms with Gasteiger partial charge < -0.3 is 9.88 Å². The van der Waals surface area contributed by atoms with Crippen molar-refractivity contribution in [2.24, 2.45) is 0 Å². The molecule has 4 rings (SSSR count). The molecule has 2 aliphatic heterocycles. The quantitative estimate of drug-likeness (QED) is 0.919. The first-order valence-corrected chi connectivity index (χ1v) is 9.12. The molecule has 2 unspecified atom stereocenters. The Balaban J connectivity index is 1.64. The van der Waals surface area contributed by atoms with Crippen LogP contribution in [0.4, 0.5) is 0 Å². The molecule has 2 fully saturated rings. The second-order valence-electron chi connectivity index (χ2n) is 6.91. The molecular formula is C18H27N5. The van der Waals surface area contributed by atoms with Gasteiger partial charge in [-0.05, 0) is 57.5 Å². The first kappa shape index (κ1) is 15.1. The summed E-state index contributed by atoms with van der Waals surface area (Å²) in [7, 11) is 0. The third-order valence-corrected chi connectivity index (χ3v) is 5.47. The normalized spacial score (nSPS) is 25.6. The van der Waals surface area contributed by atoms with Crippen molar-refractivity contribution in [3.8, 4) is 0 Å². The van der Waals surface area contributed by atoms with Gasteiger partial charge in [-0.3, -0.25) is 4.90 Å². The van der Waals surface area contributed by atoms with E-state index in [1.54, 1.807) is 0 Å². The van der Waals surface area contributed by atoms with Gasteiger partial charge in [-0.2, -0.15) is 0 Å². The van der Waals surface area contributed by atoms with Crippen LogP contribution in [0.5, 0.6) is 0 Å². The number of nitrogens with zero attached hydrogens (tertiary/aromatic N) is 4. The highest BCUT2D eigenvalue weighted by atomic mass is 15.2. The van der Waals surface area contributed by atoms with Crippen LogP contribution in [-0.2, 0) is 13.0 Å². The van der Waals surface area contributed by atoms with Gasteiger partial charge >= 0.3 is 0 Å². The Morgan fingerprint density at radius 3 is 3.09 bits per heavy atom. The number of aromatic nitrogens is 3. The zero-order valence-electron chi connectivity index (χ0n) is 14.0. The summed E-state index contributed by atoms with van der Waals surface area (Å²) in [5.74, 6) is 1.21. The molecule has 0 radical (unpaired) electrons. The van der Waals surface area contributed by atoms with Crippen LogP contribution in [0.2, 0.25) is 0 Å². The van der Waals surface area contributed by atoms with Crippen molar-refractivity contribution < 1.29 is 0 Å². The number of likely N-dealkylation sites (tertiary alicyclic amines) is 1. The fourth-order valence-electron chi connectivity index (χ4n) is 4.23. The molecule has 1 N–H and O–H groups in total. The Morgan fingerprint density at radius 2 is 2.26 bits per heavy atom. The van der Waals surface area contributed by atoms with Crippen LogP contribution in [0.25, 0.3) is 11.2 Å². The van der Waals surface area contributed by atoms with Gasteiger partial charge in [0.1, 0.15) is 11.3 Å². The van der Waals surface area contributed by atoms with Gasteiger partial charge in [0.25, 0.3) is 0 Å². The summed E-state index contributed by atoms with van der Waals surface area (Å²) in [5, 5.41) is 3.61. The maximum atomic E-state index is 4.91. The molecule has 2 saturated heterocycles. The largest absolute Gasteiger partial charge is 0.314 e. The SMILES string of the molecule is CCN1CCCC1Cn1c(CC2CCCN2)nc2cccnc21. The molecule has 0 spiro atoms.